The number of carbonyl (C=O) groups is 2. The van der Waals surface area contributed by atoms with Crippen LogP contribution in [0.4, 0.5) is 0 Å². The summed E-state index contributed by atoms with van der Waals surface area (Å²) in [6, 6.07) is 0.0962. The van der Waals surface area contributed by atoms with Crippen LogP contribution in [-0.2, 0) is 9.59 Å². The maximum atomic E-state index is 12.3. The summed E-state index contributed by atoms with van der Waals surface area (Å²) in [6.07, 6.45) is 6.58. The van der Waals surface area contributed by atoms with Crippen molar-refractivity contribution in [2.24, 2.45) is 23.5 Å². The van der Waals surface area contributed by atoms with Gasteiger partial charge in [-0.2, -0.15) is 0 Å². The Morgan fingerprint density at radius 2 is 1.90 bits per heavy atom. The zero-order chi connectivity index (χ0) is 15.8. The predicted octanol–water partition coefficient (Wildman–Crippen LogP) is 2.15. The Morgan fingerprint density at radius 3 is 2.52 bits per heavy atom. The van der Waals surface area contributed by atoms with E-state index in [-0.39, 0.29) is 23.8 Å². The quantitative estimate of drug-likeness (QED) is 0.640. The number of amides is 1. The molecule has 0 aromatic carbocycles. The fourth-order valence-electron chi connectivity index (χ4n) is 3.11. The molecule has 1 rings (SSSR count). The first-order chi connectivity index (χ1) is 9.95. The summed E-state index contributed by atoms with van der Waals surface area (Å²) < 4.78 is 0. The molecule has 0 aliphatic heterocycles. The lowest BCUT2D eigenvalue weighted by Gasteiger charge is -2.30. The molecular formula is C16H30N2O3. The molecule has 21 heavy (non-hydrogen) atoms. The molecule has 4 atom stereocenters. The Hall–Kier alpha value is -1.10. The lowest BCUT2D eigenvalue weighted by molar-refractivity contribution is -0.141. The highest BCUT2D eigenvalue weighted by Crippen LogP contribution is 2.29. The molecule has 1 saturated carbocycles. The van der Waals surface area contributed by atoms with E-state index in [0.29, 0.717) is 18.9 Å². The van der Waals surface area contributed by atoms with E-state index in [0.717, 1.165) is 32.1 Å². The second kappa shape index (κ2) is 9.03. The van der Waals surface area contributed by atoms with Gasteiger partial charge in [0.2, 0.25) is 5.91 Å². The maximum Gasteiger partial charge on any atom is 0.306 e. The van der Waals surface area contributed by atoms with Crippen molar-refractivity contribution in [3.63, 3.8) is 0 Å². The highest BCUT2D eigenvalue weighted by atomic mass is 16.4. The van der Waals surface area contributed by atoms with Gasteiger partial charge in [0.1, 0.15) is 0 Å². The fraction of sp³-hybridized carbons (Fsp3) is 0.875. The minimum absolute atomic E-state index is 0.0594. The van der Waals surface area contributed by atoms with Crippen LogP contribution in [0, 0.1) is 17.8 Å². The highest BCUT2D eigenvalue weighted by molar-refractivity contribution is 5.79. The molecule has 4 N–H and O–H groups in total. The third-order valence-corrected chi connectivity index (χ3v) is 4.63. The van der Waals surface area contributed by atoms with Crippen LogP contribution in [0.5, 0.6) is 0 Å². The number of aliphatic carboxylic acids is 1. The largest absolute Gasteiger partial charge is 0.481 e. The predicted molar refractivity (Wildman–Crippen MR) is 82.8 cm³/mol. The number of rotatable bonds is 8. The summed E-state index contributed by atoms with van der Waals surface area (Å²) in [4.78, 5) is 23.1. The first-order valence-electron chi connectivity index (χ1n) is 8.19. The van der Waals surface area contributed by atoms with E-state index < -0.39 is 5.97 Å². The van der Waals surface area contributed by atoms with Gasteiger partial charge >= 0.3 is 5.97 Å². The maximum absolute atomic E-state index is 12.3. The number of carboxylic acid groups (broad SMARTS) is 1. The molecule has 0 bridgehead atoms. The summed E-state index contributed by atoms with van der Waals surface area (Å²) >= 11 is 0. The van der Waals surface area contributed by atoms with Crippen molar-refractivity contribution >= 4 is 11.9 Å². The van der Waals surface area contributed by atoms with Crippen molar-refractivity contribution in [1.29, 1.82) is 0 Å². The lowest BCUT2D eigenvalue weighted by atomic mass is 9.78. The molecule has 1 amide bonds. The average molecular weight is 298 g/mol. The Balaban J connectivity index is 2.31. The van der Waals surface area contributed by atoms with Gasteiger partial charge in [0.15, 0.2) is 0 Å². The lowest BCUT2D eigenvalue weighted by Crippen LogP contribution is -2.42. The summed E-state index contributed by atoms with van der Waals surface area (Å²) in [5.41, 5.74) is 5.77. The number of carbonyl (C=O) groups excluding carboxylic acids is 1. The van der Waals surface area contributed by atoms with Crippen LogP contribution < -0.4 is 11.1 Å². The first-order valence-corrected chi connectivity index (χ1v) is 8.19. The standard InChI is InChI=1S/C16H30N2O3/c1-11(16(20)21)6-5-7-12(2)18-15(19)14-9-4-3-8-13(14)10-17/h11-14H,3-10,17H2,1-2H3,(H,18,19)(H,20,21). The normalized spacial score (nSPS) is 25.1. The second-order valence-electron chi connectivity index (χ2n) is 6.47. The van der Waals surface area contributed by atoms with Crippen LogP contribution in [-0.4, -0.2) is 29.6 Å². The summed E-state index contributed by atoms with van der Waals surface area (Å²) in [5.74, 6) is -0.557. The van der Waals surface area contributed by atoms with E-state index >= 15 is 0 Å². The van der Waals surface area contributed by atoms with Gasteiger partial charge in [-0.25, -0.2) is 0 Å². The van der Waals surface area contributed by atoms with Gasteiger partial charge in [-0.05, 0) is 45.1 Å². The van der Waals surface area contributed by atoms with E-state index in [2.05, 4.69) is 5.32 Å². The van der Waals surface area contributed by atoms with Crippen molar-refractivity contribution in [3.05, 3.63) is 0 Å². The molecule has 0 heterocycles. The molecule has 0 aromatic rings. The van der Waals surface area contributed by atoms with Crippen molar-refractivity contribution in [2.75, 3.05) is 6.54 Å². The van der Waals surface area contributed by atoms with Gasteiger partial charge in [0, 0.05) is 12.0 Å². The smallest absolute Gasteiger partial charge is 0.306 e. The van der Waals surface area contributed by atoms with Crippen LogP contribution in [0.1, 0.15) is 58.8 Å². The van der Waals surface area contributed by atoms with E-state index in [1.807, 2.05) is 6.92 Å². The van der Waals surface area contributed by atoms with E-state index in [1.54, 1.807) is 6.92 Å². The van der Waals surface area contributed by atoms with Crippen molar-refractivity contribution in [1.82, 2.24) is 5.32 Å². The van der Waals surface area contributed by atoms with Gasteiger partial charge in [-0.1, -0.05) is 26.2 Å². The average Bonchev–Trinajstić information content (AvgIpc) is 2.46. The SMILES string of the molecule is CC(CCCC(C)C(=O)O)NC(=O)C1CCCCC1CN. The molecule has 0 saturated heterocycles. The van der Waals surface area contributed by atoms with E-state index in [9.17, 15) is 9.59 Å². The summed E-state index contributed by atoms with van der Waals surface area (Å²) in [6.45, 7) is 4.30. The third kappa shape index (κ3) is 6.04. The van der Waals surface area contributed by atoms with Crippen LogP contribution in [0.2, 0.25) is 0 Å². The molecule has 1 fully saturated rings. The fourth-order valence-corrected chi connectivity index (χ4v) is 3.11. The molecule has 1 aliphatic rings. The van der Waals surface area contributed by atoms with Crippen LogP contribution >= 0.6 is 0 Å². The van der Waals surface area contributed by atoms with Crippen molar-refractivity contribution in [2.45, 2.75) is 64.8 Å². The van der Waals surface area contributed by atoms with E-state index in [4.69, 9.17) is 10.8 Å². The van der Waals surface area contributed by atoms with E-state index in [1.165, 1.54) is 6.42 Å². The number of carboxylic acids is 1. The molecule has 1 aliphatic carbocycles. The van der Waals surface area contributed by atoms with Crippen LogP contribution in [0.3, 0.4) is 0 Å². The Kier molecular flexibility index (Phi) is 7.72. The summed E-state index contributed by atoms with van der Waals surface area (Å²) in [5, 5.41) is 11.9. The molecule has 0 aromatic heterocycles. The van der Waals surface area contributed by atoms with Gasteiger partial charge < -0.3 is 16.2 Å². The minimum atomic E-state index is -0.750. The van der Waals surface area contributed by atoms with Gasteiger partial charge in [0.25, 0.3) is 0 Å². The third-order valence-electron chi connectivity index (χ3n) is 4.63. The Labute approximate surface area is 127 Å². The van der Waals surface area contributed by atoms with Crippen molar-refractivity contribution < 1.29 is 14.7 Å². The molecule has 5 nitrogen and oxygen atoms in total. The molecule has 122 valence electrons. The second-order valence-corrected chi connectivity index (χ2v) is 6.47. The monoisotopic (exact) mass is 298 g/mol. The summed E-state index contributed by atoms with van der Waals surface area (Å²) in [7, 11) is 0. The Morgan fingerprint density at radius 1 is 1.24 bits per heavy atom. The van der Waals surface area contributed by atoms with Gasteiger partial charge in [-0.3, -0.25) is 9.59 Å². The number of hydrogen-bond donors (Lipinski definition) is 3. The highest BCUT2D eigenvalue weighted by Gasteiger charge is 2.30. The number of nitrogens with two attached hydrogens (primary N) is 1. The molecule has 5 heteroatoms. The first kappa shape index (κ1) is 18.0. The van der Waals surface area contributed by atoms with Crippen LogP contribution in [0.25, 0.3) is 0 Å². The van der Waals surface area contributed by atoms with Crippen molar-refractivity contribution in [3.8, 4) is 0 Å². The Bertz CT molecular complexity index is 346. The topological polar surface area (TPSA) is 92.4 Å². The molecule has 4 unspecified atom stereocenters. The number of nitrogens with one attached hydrogen (secondary N) is 1. The van der Waals surface area contributed by atoms with Gasteiger partial charge in [-0.15, -0.1) is 0 Å². The van der Waals surface area contributed by atoms with Gasteiger partial charge in [0.05, 0.1) is 5.92 Å². The molecular weight excluding hydrogens is 268 g/mol. The molecule has 0 spiro atoms. The van der Waals surface area contributed by atoms with Crippen LogP contribution in [0.15, 0.2) is 0 Å². The zero-order valence-electron chi connectivity index (χ0n) is 13.3. The molecule has 0 radical (unpaired) electrons. The zero-order valence-corrected chi connectivity index (χ0v) is 13.3. The number of hydrogen-bond acceptors (Lipinski definition) is 3. The minimum Gasteiger partial charge on any atom is -0.481 e.